The largest absolute Gasteiger partial charge is 0.492 e. The lowest BCUT2D eigenvalue weighted by atomic mass is 10.0. The number of aromatic nitrogens is 1. The van der Waals surface area contributed by atoms with Gasteiger partial charge in [-0.3, -0.25) is 9.88 Å². The van der Waals surface area contributed by atoms with Crippen molar-refractivity contribution in [1.29, 1.82) is 0 Å². The van der Waals surface area contributed by atoms with Gasteiger partial charge in [-0.05, 0) is 23.8 Å². The predicted octanol–water partition coefficient (Wildman–Crippen LogP) is 3.58. The van der Waals surface area contributed by atoms with E-state index >= 15 is 0 Å². The van der Waals surface area contributed by atoms with Crippen molar-refractivity contribution >= 4 is 0 Å². The van der Waals surface area contributed by atoms with Crippen LogP contribution in [0.4, 0.5) is 13.2 Å². The molecule has 0 saturated heterocycles. The summed E-state index contributed by atoms with van der Waals surface area (Å²) in [7, 11) is 0. The number of benzene rings is 1. The van der Waals surface area contributed by atoms with Crippen LogP contribution in [0.25, 0.3) is 0 Å². The number of pyridine rings is 1. The van der Waals surface area contributed by atoms with Gasteiger partial charge in [-0.2, -0.15) is 13.2 Å². The molecule has 6 heteroatoms. The number of halogens is 3. The van der Waals surface area contributed by atoms with E-state index in [-0.39, 0.29) is 25.3 Å². The van der Waals surface area contributed by atoms with Gasteiger partial charge in [0.1, 0.15) is 18.4 Å². The monoisotopic (exact) mass is 308 g/mol. The number of alkyl halides is 3. The van der Waals surface area contributed by atoms with Crippen molar-refractivity contribution in [3.63, 3.8) is 0 Å². The fraction of sp³-hybridized carbons (Fsp3) is 0.312. The molecule has 2 aromatic rings. The molecule has 116 valence electrons. The Bertz CT molecular complexity index is 631. The van der Waals surface area contributed by atoms with Crippen LogP contribution in [0.1, 0.15) is 17.2 Å². The van der Waals surface area contributed by atoms with Crippen molar-refractivity contribution in [2.24, 2.45) is 0 Å². The number of fused-ring (bicyclic) bond motifs is 1. The summed E-state index contributed by atoms with van der Waals surface area (Å²) in [5.41, 5.74) is 0.963. The predicted molar refractivity (Wildman–Crippen MR) is 75.4 cm³/mol. The number of nitrogens with zero attached hydrogens (tertiary/aromatic N) is 2. The Labute approximate surface area is 126 Å². The first-order valence-corrected chi connectivity index (χ1v) is 6.97. The Hall–Kier alpha value is -2.08. The molecule has 0 amide bonds. The van der Waals surface area contributed by atoms with Crippen LogP contribution in [-0.2, 0) is 6.54 Å². The third-order valence-electron chi connectivity index (χ3n) is 3.66. The van der Waals surface area contributed by atoms with Crippen molar-refractivity contribution < 1.29 is 17.9 Å². The van der Waals surface area contributed by atoms with E-state index in [1.54, 1.807) is 42.7 Å². The van der Waals surface area contributed by atoms with Crippen LogP contribution >= 0.6 is 0 Å². The molecule has 0 spiro atoms. The van der Waals surface area contributed by atoms with Gasteiger partial charge in [0.15, 0.2) is 0 Å². The summed E-state index contributed by atoms with van der Waals surface area (Å²) in [6.45, 7) is 0.639. The van der Waals surface area contributed by atoms with Crippen molar-refractivity contribution in [3.8, 4) is 5.75 Å². The third kappa shape index (κ3) is 3.06. The smallest absolute Gasteiger partial charge is 0.408 e. The van der Waals surface area contributed by atoms with E-state index in [1.165, 1.54) is 11.0 Å². The molecule has 0 bridgehead atoms. The van der Waals surface area contributed by atoms with Crippen molar-refractivity contribution in [2.75, 3.05) is 13.2 Å². The van der Waals surface area contributed by atoms with Gasteiger partial charge in [0, 0.05) is 31.0 Å². The zero-order valence-electron chi connectivity index (χ0n) is 11.8. The second-order valence-corrected chi connectivity index (χ2v) is 5.16. The Morgan fingerprint density at radius 2 is 1.86 bits per heavy atom. The Morgan fingerprint density at radius 3 is 2.59 bits per heavy atom. The van der Waals surface area contributed by atoms with Crippen LogP contribution in [-0.4, -0.2) is 29.2 Å². The van der Waals surface area contributed by atoms with Gasteiger partial charge in [-0.1, -0.05) is 18.2 Å². The molecule has 0 aliphatic carbocycles. The van der Waals surface area contributed by atoms with Gasteiger partial charge in [-0.25, -0.2) is 0 Å². The fourth-order valence-electron chi connectivity index (χ4n) is 2.71. The van der Waals surface area contributed by atoms with Crippen molar-refractivity contribution in [1.82, 2.24) is 9.88 Å². The molecule has 1 aliphatic rings. The molecular formula is C16H15F3N2O. The van der Waals surface area contributed by atoms with E-state index in [9.17, 15) is 13.2 Å². The van der Waals surface area contributed by atoms with Crippen LogP contribution in [0, 0.1) is 0 Å². The molecule has 1 aliphatic heterocycles. The second kappa shape index (κ2) is 5.96. The molecule has 2 heterocycles. The van der Waals surface area contributed by atoms with Gasteiger partial charge in [0.05, 0.1) is 0 Å². The topological polar surface area (TPSA) is 25.4 Å². The normalized spacial score (nSPS) is 19.1. The van der Waals surface area contributed by atoms with Crippen LogP contribution < -0.4 is 4.74 Å². The standard InChI is InChI=1S/C16H15F3N2O/c17-16(18,19)15-13-3-1-2-4-14(13)22-10-9-21(15)11-12-5-7-20-8-6-12/h1-8,15H,9-11H2. The second-order valence-electron chi connectivity index (χ2n) is 5.16. The van der Waals surface area contributed by atoms with Gasteiger partial charge in [0.25, 0.3) is 0 Å². The summed E-state index contributed by atoms with van der Waals surface area (Å²) < 4.78 is 46.4. The summed E-state index contributed by atoms with van der Waals surface area (Å²) >= 11 is 0. The SMILES string of the molecule is FC(F)(F)C1c2ccccc2OCCN1Cc1ccncc1. The number of ether oxygens (including phenoxy) is 1. The molecule has 0 saturated carbocycles. The van der Waals surface area contributed by atoms with E-state index in [0.717, 1.165) is 5.56 Å². The first-order valence-electron chi connectivity index (χ1n) is 6.97. The average molecular weight is 308 g/mol. The highest BCUT2D eigenvalue weighted by Crippen LogP contribution is 2.43. The van der Waals surface area contributed by atoms with Gasteiger partial charge in [0.2, 0.25) is 0 Å². The van der Waals surface area contributed by atoms with E-state index in [4.69, 9.17) is 4.74 Å². The van der Waals surface area contributed by atoms with Crippen molar-refractivity contribution in [3.05, 3.63) is 59.9 Å². The maximum atomic E-state index is 13.6. The fourth-order valence-corrected chi connectivity index (χ4v) is 2.71. The summed E-state index contributed by atoms with van der Waals surface area (Å²) in [4.78, 5) is 5.30. The minimum Gasteiger partial charge on any atom is -0.492 e. The van der Waals surface area contributed by atoms with E-state index in [1.807, 2.05) is 0 Å². The highest BCUT2D eigenvalue weighted by atomic mass is 19.4. The van der Waals surface area contributed by atoms with E-state index < -0.39 is 12.2 Å². The summed E-state index contributed by atoms with van der Waals surface area (Å²) in [5, 5.41) is 0. The number of para-hydroxylation sites is 1. The van der Waals surface area contributed by atoms with Gasteiger partial charge >= 0.3 is 6.18 Å². The lowest BCUT2D eigenvalue weighted by molar-refractivity contribution is -0.187. The molecule has 22 heavy (non-hydrogen) atoms. The first-order chi connectivity index (χ1) is 10.6. The maximum absolute atomic E-state index is 13.6. The highest BCUT2D eigenvalue weighted by Gasteiger charge is 2.46. The van der Waals surface area contributed by atoms with Gasteiger partial charge in [-0.15, -0.1) is 0 Å². The Morgan fingerprint density at radius 1 is 1.14 bits per heavy atom. The average Bonchev–Trinajstić information content (AvgIpc) is 2.66. The molecule has 0 fully saturated rings. The Kier molecular flexibility index (Phi) is 4.02. The molecule has 1 unspecified atom stereocenters. The molecule has 0 radical (unpaired) electrons. The molecule has 1 aromatic heterocycles. The lowest BCUT2D eigenvalue weighted by Gasteiger charge is -2.31. The van der Waals surface area contributed by atoms with Crippen molar-refractivity contribution in [2.45, 2.75) is 18.8 Å². The summed E-state index contributed by atoms with van der Waals surface area (Å²) in [5.74, 6) is 0.307. The minimum atomic E-state index is -4.36. The minimum absolute atomic E-state index is 0.168. The molecular weight excluding hydrogens is 293 g/mol. The van der Waals surface area contributed by atoms with E-state index in [0.29, 0.717) is 5.75 Å². The molecule has 0 N–H and O–H groups in total. The lowest BCUT2D eigenvalue weighted by Crippen LogP contribution is -2.38. The van der Waals surface area contributed by atoms with Crippen LogP contribution in [0.15, 0.2) is 48.8 Å². The van der Waals surface area contributed by atoms with Crippen LogP contribution in [0.5, 0.6) is 5.75 Å². The summed E-state index contributed by atoms with van der Waals surface area (Å²) in [6.07, 6.45) is -1.20. The first kappa shape index (κ1) is 14.8. The number of hydrogen-bond donors (Lipinski definition) is 0. The number of hydrogen-bond acceptors (Lipinski definition) is 3. The van der Waals surface area contributed by atoms with Gasteiger partial charge < -0.3 is 4.74 Å². The maximum Gasteiger partial charge on any atom is 0.408 e. The number of rotatable bonds is 2. The molecule has 3 rings (SSSR count). The highest BCUT2D eigenvalue weighted by molar-refractivity contribution is 5.37. The summed E-state index contributed by atoms with van der Waals surface area (Å²) in [6, 6.07) is 8.15. The zero-order chi connectivity index (χ0) is 15.6. The molecule has 1 atom stereocenters. The quantitative estimate of drug-likeness (QED) is 0.848. The third-order valence-corrected chi connectivity index (χ3v) is 3.66. The molecule has 1 aromatic carbocycles. The molecule has 3 nitrogen and oxygen atoms in total. The Balaban J connectivity index is 1.98. The zero-order valence-corrected chi connectivity index (χ0v) is 11.8. The van der Waals surface area contributed by atoms with Crippen LogP contribution in [0.2, 0.25) is 0 Å². The van der Waals surface area contributed by atoms with Crippen LogP contribution in [0.3, 0.4) is 0 Å². The van der Waals surface area contributed by atoms with E-state index in [2.05, 4.69) is 4.98 Å².